The highest BCUT2D eigenvalue weighted by Gasteiger charge is 2.20. The van der Waals surface area contributed by atoms with Crippen molar-refractivity contribution < 1.29 is 9.47 Å². The molecule has 1 unspecified atom stereocenters. The maximum absolute atomic E-state index is 6.19. The van der Waals surface area contributed by atoms with Crippen LogP contribution in [0.1, 0.15) is 30.0 Å². The first-order chi connectivity index (χ1) is 8.26. The van der Waals surface area contributed by atoms with Crippen LogP contribution in [-0.2, 0) is 11.3 Å². The zero-order valence-electron chi connectivity index (χ0n) is 10.3. The van der Waals surface area contributed by atoms with Crippen LogP contribution in [0.5, 0.6) is 5.75 Å². The van der Waals surface area contributed by atoms with Crippen LogP contribution < -0.4 is 10.1 Å². The number of ether oxygens (including phenoxy) is 2. The van der Waals surface area contributed by atoms with E-state index in [2.05, 4.69) is 5.32 Å². The van der Waals surface area contributed by atoms with E-state index in [0.29, 0.717) is 23.4 Å². The van der Waals surface area contributed by atoms with Gasteiger partial charge in [0.1, 0.15) is 5.75 Å². The molecule has 3 nitrogen and oxygen atoms in total. The molecule has 1 aromatic carbocycles. The van der Waals surface area contributed by atoms with Crippen molar-refractivity contribution in [3.63, 3.8) is 0 Å². The molecule has 1 aliphatic heterocycles. The number of hydrogen-bond donors (Lipinski definition) is 1. The van der Waals surface area contributed by atoms with Gasteiger partial charge in [-0.3, -0.25) is 0 Å². The van der Waals surface area contributed by atoms with Crippen LogP contribution in [0.4, 0.5) is 0 Å². The number of halogens is 1. The lowest BCUT2D eigenvalue weighted by Gasteiger charge is -2.17. The summed E-state index contributed by atoms with van der Waals surface area (Å²) in [6, 6.07) is 4.36. The van der Waals surface area contributed by atoms with Crippen LogP contribution in [0.3, 0.4) is 0 Å². The summed E-state index contributed by atoms with van der Waals surface area (Å²) in [5.41, 5.74) is 2.38. The minimum atomic E-state index is 0.392. The maximum atomic E-state index is 6.19. The van der Waals surface area contributed by atoms with Crippen LogP contribution in [-0.4, -0.2) is 20.8 Å². The van der Waals surface area contributed by atoms with Gasteiger partial charge in [-0.25, -0.2) is 0 Å². The zero-order chi connectivity index (χ0) is 12.3. The van der Waals surface area contributed by atoms with E-state index in [-0.39, 0.29) is 0 Å². The summed E-state index contributed by atoms with van der Waals surface area (Å²) in [6.45, 7) is 1.65. The fourth-order valence-corrected chi connectivity index (χ4v) is 2.57. The Kier molecular flexibility index (Phi) is 4.26. The van der Waals surface area contributed by atoms with Crippen molar-refractivity contribution in [3.8, 4) is 5.75 Å². The van der Waals surface area contributed by atoms with E-state index in [9.17, 15) is 0 Å². The number of nitrogens with one attached hydrogen (secondary N) is 1. The molecule has 1 heterocycles. The predicted octanol–water partition coefficient (Wildman–Crippen LogP) is 2.92. The van der Waals surface area contributed by atoms with Gasteiger partial charge < -0.3 is 14.8 Å². The summed E-state index contributed by atoms with van der Waals surface area (Å²) in [7, 11) is 3.33. The second kappa shape index (κ2) is 5.71. The first-order valence-electron chi connectivity index (χ1n) is 5.85. The highest BCUT2D eigenvalue weighted by molar-refractivity contribution is 6.32. The van der Waals surface area contributed by atoms with Crippen LogP contribution in [0.2, 0.25) is 5.02 Å². The lowest BCUT2D eigenvalue weighted by Crippen LogP contribution is -2.15. The van der Waals surface area contributed by atoms with Crippen LogP contribution in [0.15, 0.2) is 12.1 Å². The smallest absolute Gasteiger partial charge is 0.137 e. The molecule has 2 rings (SSSR count). The van der Waals surface area contributed by atoms with Gasteiger partial charge in [-0.15, -0.1) is 0 Å². The average Bonchev–Trinajstić information content (AvgIpc) is 2.84. The molecule has 0 bridgehead atoms. The largest absolute Gasteiger partial charge is 0.495 e. The van der Waals surface area contributed by atoms with Gasteiger partial charge in [0.05, 0.1) is 18.7 Å². The van der Waals surface area contributed by atoms with E-state index in [1.54, 1.807) is 14.2 Å². The third-order valence-electron chi connectivity index (χ3n) is 3.15. The highest BCUT2D eigenvalue weighted by atomic mass is 35.5. The third kappa shape index (κ3) is 2.73. The van der Waals surface area contributed by atoms with E-state index in [1.165, 1.54) is 12.0 Å². The van der Waals surface area contributed by atoms with Gasteiger partial charge >= 0.3 is 0 Å². The second-order valence-electron chi connectivity index (χ2n) is 4.27. The zero-order valence-corrected chi connectivity index (χ0v) is 11.0. The first-order valence-corrected chi connectivity index (χ1v) is 6.22. The van der Waals surface area contributed by atoms with Crippen molar-refractivity contribution in [1.29, 1.82) is 0 Å². The molecule has 1 saturated heterocycles. The number of rotatable bonds is 4. The summed E-state index contributed by atoms with van der Waals surface area (Å²) in [5.74, 6) is 0.709. The monoisotopic (exact) mass is 255 g/mol. The number of methoxy groups -OCH3 is 2. The van der Waals surface area contributed by atoms with Gasteiger partial charge in [0.2, 0.25) is 0 Å². The molecule has 17 heavy (non-hydrogen) atoms. The molecule has 1 N–H and O–H groups in total. The number of benzene rings is 1. The molecule has 0 spiro atoms. The first kappa shape index (κ1) is 12.7. The Morgan fingerprint density at radius 2 is 2.24 bits per heavy atom. The Morgan fingerprint density at radius 1 is 1.41 bits per heavy atom. The SMILES string of the molecule is COCc1cc(OC)c(Cl)cc1C1CCCN1. The van der Waals surface area contributed by atoms with Gasteiger partial charge in [-0.05, 0) is 42.6 Å². The van der Waals surface area contributed by atoms with Crippen LogP contribution >= 0.6 is 11.6 Å². The van der Waals surface area contributed by atoms with Crippen molar-refractivity contribution in [1.82, 2.24) is 5.32 Å². The minimum absolute atomic E-state index is 0.392. The Balaban J connectivity index is 2.37. The fourth-order valence-electron chi connectivity index (χ4n) is 2.32. The molecule has 1 aromatic rings. The number of hydrogen-bond acceptors (Lipinski definition) is 3. The molecule has 94 valence electrons. The van der Waals surface area contributed by atoms with Crippen molar-refractivity contribution >= 4 is 11.6 Å². The Bertz CT molecular complexity index is 389. The Labute approximate surface area is 107 Å². The molecule has 0 aromatic heterocycles. The third-order valence-corrected chi connectivity index (χ3v) is 3.44. The second-order valence-corrected chi connectivity index (χ2v) is 4.67. The van der Waals surface area contributed by atoms with Gasteiger partial charge in [0.15, 0.2) is 0 Å². The quantitative estimate of drug-likeness (QED) is 0.897. The predicted molar refractivity (Wildman–Crippen MR) is 68.7 cm³/mol. The van der Waals surface area contributed by atoms with E-state index < -0.39 is 0 Å². The molecule has 0 radical (unpaired) electrons. The van der Waals surface area contributed by atoms with Gasteiger partial charge in [-0.1, -0.05) is 11.6 Å². The molecule has 1 atom stereocenters. The average molecular weight is 256 g/mol. The molecular weight excluding hydrogens is 238 g/mol. The molecular formula is C13H18ClNO2. The summed E-state index contributed by atoms with van der Waals surface area (Å²) in [4.78, 5) is 0. The summed E-state index contributed by atoms with van der Waals surface area (Å²) in [5, 5.41) is 4.14. The fraction of sp³-hybridized carbons (Fsp3) is 0.538. The van der Waals surface area contributed by atoms with Crippen LogP contribution in [0, 0.1) is 0 Å². The molecule has 0 amide bonds. The van der Waals surface area contributed by atoms with E-state index in [4.69, 9.17) is 21.1 Å². The van der Waals surface area contributed by atoms with Crippen molar-refractivity contribution in [2.45, 2.75) is 25.5 Å². The van der Waals surface area contributed by atoms with Crippen molar-refractivity contribution in [2.75, 3.05) is 20.8 Å². The van der Waals surface area contributed by atoms with Gasteiger partial charge in [0.25, 0.3) is 0 Å². The maximum Gasteiger partial charge on any atom is 0.137 e. The Morgan fingerprint density at radius 3 is 2.82 bits per heavy atom. The topological polar surface area (TPSA) is 30.5 Å². The minimum Gasteiger partial charge on any atom is -0.495 e. The highest BCUT2D eigenvalue weighted by Crippen LogP contribution is 2.34. The van der Waals surface area contributed by atoms with Crippen molar-refractivity contribution in [3.05, 3.63) is 28.3 Å². The molecule has 0 aliphatic carbocycles. The van der Waals surface area contributed by atoms with Gasteiger partial charge in [0, 0.05) is 13.2 Å². The standard InChI is InChI=1S/C13H18ClNO2/c1-16-8-9-6-13(17-2)11(14)7-10(9)12-4-3-5-15-12/h6-7,12,15H,3-5,8H2,1-2H3. The molecule has 4 heteroatoms. The molecule has 0 saturated carbocycles. The van der Waals surface area contributed by atoms with E-state index in [0.717, 1.165) is 18.5 Å². The Hall–Kier alpha value is -0.770. The molecule has 1 aliphatic rings. The summed E-state index contributed by atoms with van der Waals surface area (Å²) in [6.07, 6.45) is 2.36. The lowest BCUT2D eigenvalue weighted by atomic mass is 9.99. The lowest BCUT2D eigenvalue weighted by molar-refractivity contribution is 0.183. The molecule has 1 fully saturated rings. The van der Waals surface area contributed by atoms with Crippen LogP contribution in [0.25, 0.3) is 0 Å². The van der Waals surface area contributed by atoms with Gasteiger partial charge in [-0.2, -0.15) is 0 Å². The normalized spacial score (nSPS) is 19.6. The summed E-state index contributed by atoms with van der Waals surface area (Å²) >= 11 is 6.19. The van der Waals surface area contributed by atoms with Crippen molar-refractivity contribution in [2.24, 2.45) is 0 Å². The van der Waals surface area contributed by atoms with E-state index in [1.807, 2.05) is 12.1 Å². The summed E-state index contributed by atoms with van der Waals surface area (Å²) < 4.78 is 10.5. The van der Waals surface area contributed by atoms with E-state index >= 15 is 0 Å².